The Morgan fingerprint density at radius 2 is 1.79 bits per heavy atom. The van der Waals surface area contributed by atoms with Gasteiger partial charge in [-0.05, 0) is 26.8 Å². The van der Waals surface area contributed by atoms with Gasteiger partial charge < -0.3 is 15.0 Å². The van der Waals surface area contributed by atoms with Crippen molar-refractivity contribution >= 4 is 0 Å². The molecule has 24 heavy (non-hydrogen) atoms. The van der Waals surface area contributed by atoms with E-state index < -0.39 is 0 Å². The van der Waals surface area contributed by atoms with Gasteiger partial charge in [0.05, 0.1) is 18.4 Å². The highest BCUT2D eigenvalue weighted by Gasteiger charge is 2.29. The van der Waals surface area contributed by atoms with Crippen molar-refractivity contribution in [3.63, 3.8) is 0 Å². The van der Waals surface area contributed by atoms with Gasteiger partial charge in [0, 0.05) is 51.9 Å². The van der Waals surface area contributed by atoms with Gasteiger partial charge in [-0.1, -0.05) is 13.8 Å². The summed E-state index contributed by atoms with van der Waals surface area (Å²) in [7, 11) is 5.87. The van der Waals surface area contributed by atoms with Gasteiger partial charge in [-0.2, -0.15) is 5.10 Å². The molecule has 0 atom stereocenters. The van der Waals surface area contributed by atoms with Crippen molar-refractivity contribution in [2.75, 3.05) is 46.9 Å². The number of likely N-dealkylation sites (N-methyl/N-ethyl adjacent to an activating group) is 1. The molecule has 1 aliphatic heterocycles. The van der Waals surface area contributed by atoms with Crippen LogP contribution in [0.4, 0.5) is 0 Å². The van der Waals surface area contributed by atoms with Crippen LogP contribution in [-0.4, -0.2) is 72.0 Å². The van der Waals surface area contributed by atoms with E-state index in [2.05, 4.69) is 55.0 Å². The van der Waals surface area contributed by atoms with Crippen LogP contribution in [0.5, 0.6) is 5.88 Å². The minimum atomic E-state index is 0.148. The van der Waals surface area contributed by atoms with Crippen molar-refractivity contribution in [3.8, 4) is 5.88 Å². The third-order valence-electron chi connectivity index (χ3n) is 5.08. The fourth-order valence-electron chi connectivity index (χ4n) is 3.47. The number of ether oxygens (including phenoxy) is 1. The minimum Gasteiger partial charge on any atom is -0.481 e. The first-order valence-electron chi connectivity index (χ1n) is 9.00. The number of methoxy groups -OCH3 is 1. The molecule has 6 heteroatoms. The molecule has 0 radical (unpaired) electrons. The van der Waals surface area contributed by atoms with E-state index in [-0.39, 0.29) is 5.54 Å². The molecule has 0 spiro atoms. The molecule has 1 aliphatic rings. The van der Waals surface area contributed by atoms with Crippen LogP contribution in [0.15, 0.2) is 0 Å². The molecule has 1 aromatic heterocycles. The second-order valence-corrected chi connectivity index (χ2v) is 7.86. The van der Waals surface area contributed by atoms with Crippen molar-refractivity contribution in [2.24, 2.45) is 7.05 Å². The number of nitrogens with one attached hydrogen (secondary N) is 1. The number of nitrogens with zero attached hydrogens (tertiary/aromatic N) is 4. The molecule has 2 heterocycles. The van der Waals surface area contributed by atoms with Gasteiger partial charge in [0.15, 0.2) is 0 Å². The lowest BCUT2D eigenvalue weighted by Crippen LogP contribution is -2.57. The van der Waals surface area contributed by atoms with E-state index in [1.807, 2.05) is 11.7 Å². The van der Waals surface area contributed by atoms with Gasteiger partial charge in [-0.3, -0.25) is 4.90 Å². The molecule has 0 unspecified atom stereocenters. The summed E-state index contributed by atoms with van der Waals surface area (Å²) in [6.45, 7) is 15.3. The van der Waals surface area contributed by atoms with Crippen molar-refractivity contribution in [1.29, 1.82) is 0 Å². The number of rotatable bonds is 7. The van der Waals surface area contributed by atoms with E-state index in [9.17, 15) is 0 Å². The zero-order valence-electron chi connectivity index (χ0n) is 16.5. The quantitative estimate of drug-likeness (QED) is 0.820. The molecule has 2 rings (SSSR count). The molecule has 0 amide bonds. The van der Waals surface area contributed by atoms with Crippen LogP contribution < -0.4 is 10.1 Å². The van der Waals surface area contributed by atoms with Crippen LogP contribution >= 0.6 is 0 Å². The van der Waals surface area contributed by atoms with Crippen LogP contribution in [0.2, 0.25) is 0 Å². The van der Waals surface area contributed by atoms with Crippen molar-refractivity contribution in [1.82, 2.24) is 24.9 Å². The molecule has 1 N–H and O–H groups in total. The third kappa shape index (κ3) is 4.29. The minimum absolute atomic E-state index is 0.148. The van der Waals surface area contributed by atoms with Gasteiger partial charge >= 0.3 is 0 Å². The first kappa shape index (κ1) is 19.2. The Morgan fingerprint density at radius 3 is 2.33 bits per heavy atom. The van der Waals surface area contributed by atoms with Gasteiger partial charge in [0.2, 0.25) is 5.88 Å². The molecular weight excluding hydrogens is 302 g/mol. The SMILES string of the molecule is COc1c(CNCC(C)(C)N2CCN(C)CC2)c(C(C)C)nn1C. The Bertz CT molecular complexity index is 530. The molecule has 1 aromatic rings. The topological polar surface area (TPSA) is 45.6 Å². The Balaban J connectivity index is 1.98. The number of hydrogen-bond donors (Lipinski definition) is 1. The smallest absolute Gasteiger partial charge is 0.216 e. The predicted octanol–water partition coefficient (Wildman–Crippen LogP) is 1.67. The molecule has 138 valence electrons. The average molecular weight is 338 g/mol. The van der Waals surface area contributed by atoms with Gasteiger partial charge in [0.1, 0.15) is 0 Å². The third-order valence-corrected chi connectivity index (χ3v) is 5.08. The van der Waals surface area contributed by atoms with E-state index in [1.165, 1.54) is 5.56 Å². The fourth-order valence-corrected chi connectivity index (χ4v) is 3.47. The van der Waals surface area contributed by atoms with Crippen LogP contribution in [-0.2, 0) is 13.6 Å². The molecule has 1 fully saturated rings. The summed E-state index contributed by atoms with van der Waals surface area (Å²) in [5.41, 5.74) is 2.46. The van der Waals surface area contributed by atoms with Gasteiger partial charge in [0.25, 0.3) is 0 Å². The van der Waals surface area contributed by atoms with E-state index in [0.29, 0.717) is 5.92 Å². The van der Waals surface area contributed by atoms with Gasteiger partial charge in [-0.15, -0.1) is 0 Å². The van der Waals surface area contributed by atoms with Crippen LogP contribution in [0.3, 0.4) is 0 Å². The molecule has 0 saturated carbocycles. The second kappa shape index (κ2) is 7.85. The number of hydrogen-bond acceptors (Lipinski definition) is 5. The zero-order chi connectivity index (χ0) is 17.9. The van der Waals surface area contributed by atoms with E-state index in [1.54, 1.807) is 7.11 Å². The summed E-state index contributed by atoms with van der Waals surface area (Å²) in [6.07, 6.45) is 0. The highest BCUT2D eigenvalue weighted by atomic mass is 16.5. The lowest BCUT2D eigenvalue weighted by atomic mass is 10.0. The summed E-state index contributed by atoms with van der Waals surface area (Å²) in [5, 5.41) is 8.28. The number of piperazine rings is 1. The maximum absolute atomic E-state index is 5.56. The number of aryl methyl sites for hydroxylation is 1. The average Bonchev–Trinajstić information content (AvgIpc) is 2.83. The highest BCUT2D eigenvalue weighted by Crippen LogP contribution is 2.27. The number of aromatic nitrogens is 2. The van der Waals surface area contributed by atoms with E-state index in [4.69, 9.17) is 4.74 Å². The molecule has 6 nitrogen and oxygen atoms in total. The van der Waals surface area contributed by atoms with E-state index in [0.717, 1.165) is 50.8 Å². The molecule has 0 aromatic carbocycles. The zero-order valence-corrected chi connectivity index (χ0v) is 16.5. The van der Waals surface area contributed by atoms with Crippen molar-refractivity contribution < 1.29 is 4.74 Å². The maximum Gasteiger partial charge on any atom is 0.216 e. The normalized spacial score (nSPS) is 17.7. The van der Waals surface area contributed by atoms with Crippen LogP contribution in [0.1, 0.15) is 44.9 Å². The fraction of sp³-hybridized carbons (Fsp3) is 0.833. The summed E-state index contributed by atoms with van der Waals surface area (Å²) >= 11 is 0. The first-order valence-corrected chi connectivity index (χ1v) is 9.00. The Labute approximate surface area is 147 Å². The summed E-state index contributed by atoms with van der Waals surface area (Å²) in [5.74, 6) is 1.26. The second-order valence-electron chi connectivity index (χ2n) is 7.86. The summed E-state index contributed by atoms with van der Waals surface area (Å²) in [6, 6.07) is 0. The standard InChI is InChI=1S/C18H35N5O/c1-14(2)16-15(17(24-7)22(6)20-16)12-19-13-18(3,4)23-10-8-21(5)9-11-23/h14,19H,8-13H2,1-7H3. The highest BCUT2D eigenvalue weighted by molar-refractivity contribution is 5.33. The van der Waals surface area contributed by atoms with Crippen LogP contribution in [0, 0.1) is 0 Å². The molecule has 1 saturated heterocycles. The lowest BCUT2D eigenvalue weighted by Gasteiger charge is -2.43. The molecular formula is C18H35N5O. The largest absolute Gasteiger partial charge is 0.481 e. The van der Waals surface area contributed by atoms with Crippen molar-refractivity contribution in [3.05, 3.63) is 11.3 Å². The lowest BCUT2D eigenvalue weighted by molar-refractivity contribution is 0.0617. The summed E-state index contributed by atoms with van der Waals surface area (Å²) < 4.78 is 7.41. The van der Waals surface area contributed by atoms with Gasteiger partial charge in [-0.25, -0.2) is 4.68 Å². The monoisotopic (exact) mass is 337 g/mol. The van der Waals surface area contributed by atoms with Crippen LogP contribution in [0.25, 0.3) is 0 Å². The van der Waals surface area contributed by atoms with Crippen molar-refractivity contribution in [2.45, 2.75) is 45.7 Å². The van der Waals surface area contributed by atoms with E-state index >= 15 is 0 Å². The first-order chi connectivity index (χ1) is 11.3. The Morgan fingerprint density at radius 1 is 1.17 bits per heavy atom. The molecule has 0 bridgehead atoms. The Hall–Kier alpha value is -1.11. The molecule has 0 aliphatic carbocycles. The Kier molecular flexibility index (Phi) is 6.28. The summed E-state index contributed by atoms with van der Waals surface area (Å²) in [4.78, 5) is 4.99. The predicted molar refractivity (Wildman–Crippen MR) is 98.7 cm³/mol. The maximum atomic E-state index is 5.56.